The third kappa shape index (κ3) is 2.84. The van der Waals surface area contributed by atoms with E-state index in [0.29, 0.717) is 19.0 Å². The van der Waals surface area contributed by atoms with Gasteiger partial charge in [-0.2, -0.15) is 0 Å². The molecule has 0 unspecified atom stereocenters. The number of imidazole rings is 1. The Balaban J connectivity index is 2.12. The van der Waals surface area contributed by atoms with Gasteiger partial charge in [0.1, 0.15) is 0 Å². The second-order valence-corrected chi connectivity index (χ2v) is 4.51. The summed E-state index contributed by atoms with van der Waals surface area (Å²) in [6.45, 7) is 6.75. The number of aliphatic imine (C=N–C) groups is 1. The Morgan fingerprint density at radius 2 is 2.05 bits per heavy atom. The Kier molecular flexibility index (Phi) is 4.45. The second kappa shape index (κ2) is 6.27. The minimum atomic E-state index is -0.109. The van der Waals surface area contributed by atoms with Gasteiger partial charge in [-0.15, -0.1) is 0 Å². The van der Waals surface area contributed by atoms with Crippen LogP contribution in [0.3, 0.4) is 0 Å². The molecule has 6 heteroatoms. The smallest absolute Gasteiger partial charge is 0.326 e. The average molecular weight is 275 g/mol. The number of para-hydroxylation sites is 2. The number of hydrogen-bond donors (Lipinski definition) is 2. The van der Waals surface area contributed by atoms with Crippen LogP contribution in [0.5, 0.6) is 0 Å². The number of nitrogens with one attached hydrogen (secondary N) is 1. The Bertz CT molecular complexity index is 651. The largest absolute Gasteiger partial charge is 0.370 e. The Morgan fingerprint density at radius 1 is 1.35 bits per heavy atom. The van der Waals surface area contributed by atoms with E-state index in [4.69, 9.17) is 5.73 Å². The highest BCUT2D eigenvalue weighted by molar-refractivity contribution is 5.78. The van der Waals surface area contributed by atoms with Crippen molar-refractivity contribution < 1.29 is 0 Å². The molecule has 2 aromatic rings. The lowest BCUT2D eigenvalue weighted by molar-refractivity contribution is 0.457. The number of guanidine groups is 1. The molecule has 0 aliphatic carbocycles. The van der Waals surface area contributed by atoms with Gasteiger partial charge in [0.15, 0.2) is 5.96 Å². The average Bonchev–Trinajstić information content (AvgIpc) is 2.76. The van der Waals surface area contributed by atoms with Gasteiger partial charge in [0.2, 0.25) is 0 Å². The minimum Gasteiger partial charge on any atom is -0.370 e. The van der Waals surface area contributed by atoms with Crippen molar-refractivity contribution in [3.05, 3.63) is 34.7 Å². The Morgan fingerprint density at radius 3 is 2.75 bits per heavy atom. The first-order chi connectivity index (χ1) is 9.67. The molecule has 0 aliphatic heterocycles. The molecule has 0 amide bonds. The van der Waals surface area contributed by atoms with Crippen molar-refractivity contribution in [1.82, 2.24) is 14.5 Å². The predicted molar refractivity (Wildman–Crippen MR) is 82.0 cm³/mol. The zero-order valence-corrected chi connectivity index (χ0v) is 12.0. The first-order valence-electron chi connectivity index (χ1n) is 6.89. The summed E-state index contributed by atoms with van der Waals surface area (Å²) in [6, 6.07) is 7.63. The lowest BCUT2D eigenvalue weighted by atomic mass is 10.3. The molecule has 1 aromatic heterocycles. The Hall–Kier alpha value is -2.24. The van der Waals surface area contributed by atoms with Gasteiger partial charge in [-0.3, -0.25) is 9.56 Å². The van der Waals surface area contributed by atoms with E-state index < -0.39 is 0 Å². The van der Waals surface area contributed by atoms with Crippen LogP contribution < -0.4 is 11.4 Å². The summed E-state index contributed by atoms with van der Waals surface area (Å²) in [5.41, 5.74) is 7.54. The maximum Gasteiger partial charge on any atom is 0.326 e. The van der Waals surface area contributed by atoms with Crippen molar-refractivity contribution in [2.75, 3.05) is 19.6 Å². The molecule has 2 rings (SSSR count). The maximum atomic E-state index is 11.9. The summed E-state index contributed by atoms with van der Waals surface area (Å²) in [6.07, 6.45) is 0. The SMILES string of the molecule is CCN(CC)C(N)=NCCn1c(=O)[nH]c2ccccc21. The summed E-state index contributed by atoms with van der Waals surface area (Å²) in [5, 5.41) is 0. The van der Waals surface area contributed by atoms with E-state index >= 15 is 0 Å². The highest BCUT2D eigenvalue weighted by Gasteiger charge is 2.06. The molecular formula is C14H21N5O. The predicted octanol–water partition coefficient (Wildman–Crippen LogP) is 0.986. The fourth-order valence-electron chi connectivity index (χ4n) is 2.24. The lowest BCUT2D eigenvalue weighted by Gasteiger charge is -2.19. The summed E-state index contributed by atoms with van der Waals surface area (Å²) >= 11 is 0. The van der Waals surface area contributed by atoms with E-state index in [2.05, 4.69) is 9.98 Å². The summed E-state index contributed by atoms with van der Waals surface area (Å²) in [5.74, 6) is 0.530. The summed E-state index contributed by atoms with van der Waals surface area (Å²) < 4.78 is 1.69. The van der Waals surface area contributed by atoms with Crippen LogP contribution in [0.15, 0.2) is 34.1 Å². The van der Waals surface area contributed by atoms with Crippen molar-refractivity contribution in [2.45, 2.75) is 20.4 Å². The zero-order valence-electron chi connectivity index (χ0n) is 12.0. The zero-order chi connectivity index (χ0) is 14.5. The number of nitrogens with zero attached hydrogens (tertiary/aromatic N) is 3. The topological polar surface area (TPSA) is 79.4 Å². The van der Waals surface area contributed by atoms with Crippen LogP contribution in [-0.4, -0.2) is 40.0 Å². The van der Waals surface area contributed by atoms with Crippen molar-refractivity contribution in [3.63, 3.8) is 0 Å². The van der Waals surface area contributed by atoms with Crippen LogP contribution in [0.2, 0.25) is 0 Å². The number of aromatic amines is 1. The van der Waals surface area contributed by atoms with Gasteiger partial charge in [0.05, 0.1) is 17.6 Å². The molecule has 0 saturated carbocycles. The van der Waals surface area contributed by atoms with Gasteiger partial charge >= 0.3 is 5.69 Å². The molecule has 0 spiro atoms. The second-order valence-electron chi connectivity index (χ2n) is 4.51. The summed E-state index contributed by atoms with van der Waals surface area (Å²) in [4.78, 5) is 21.0. The van der Waals surface area contributed by atoms with Crippen LogP contribution in [-0.2, 0) is 6.54 Å². The molecule has 0 radical (unpaired) electrons. The van der Waals surface area contributed by atoms with Crippen molar-refractivity contribution in [1.29, 1.82) is 0 Å². The minimum absolute atomic E-state index is 0.109. The normalized spacial score (nSPS) is 12.0. The number of nitrogens with two attached hydrogens (primary N) is 1. The molecular weight excluding hydrogens is 254 g/mol. The number of fused-ring (bicyclic) bond motifs is 1. The van der Waals surface area contributed by atoms with E-state index in [-0.39, 0.29) is 5.69 Å². The molecule has 1 heterocycles. The van der Waals surface area contributed by atoms with Crippen molar-refractivity contribution >= 4 is 17.0 Å². The van der Waals surface area contributed by atoms with E-state index in [1.807, 2.05) is 43.0 Å². The van der Waals surface area contributed by atoms with Gasteiger partial charge in [-0.05, 0) is 26.0 Å². The van der Waals surface area contributed by atoms with Crippen LogP contribution in [0.25, 0.3) is 11.0 Å². The molecule has 3 N–H and O–H groups in total. The van der Waals surface area contributed by atoms with Gasteiger partial charge in [0.25, 0.3) is 0 Å². The highest BCUT2D eigenvalue weighted by atomic mass is 16.1. The molecule has 0 bridgehead atoms. The first kappa shape index (κ1) is 14.2. The van der Waals surface area contributed by atoms with E-state index in [0.717, 1.165) is 24.1 Å². The molecule has 0 saturated heterocycles. The molecule has 0 fully saturated rings. The van der Waals surface area contributed by atoms with Crippen LogP contribution in [0.1, 0.15) is 13.8 Å². The van der Waals surface area contributed by atoms with Gasteiger partial charge < -0.3 is 15.6 Å². The van der Waals surface area contributed by atoms with Gasteiger partial charge in [-0.25, -0.2) is 4.79 Å². The van der Waals surface area contributed by atoms with Crippen LogP contribution in [0, 0.1) is 0 Å². The fourth-order valence-corrected chi connectivity index (χ4v) is 2.24. The van der Waals surface area contributed by atoms with Gasteiger partial charge in [0, 0.05) is 19.6 Å². The third-order valence-corrected chi connectivity index (χ3v) is 3.37. The third-order valence-electron chi connectivity index (χ3n) is 3.37. The molecule has 0 atom stereocenters. The quantitative estimate of drug-likeness (QED) is 0.631. The fraction of sp³-hybridized carbons (Fsp3) is 0.429. The standard InChI is InChI=1S/C14H21N5O/c1-3-18(4-2)13(15)16-9-10-19-12-8-6-5-7-11(12)17-14(19)20/h5-8H,3-4,9-10H2,1-2H3,(H2,15,16)(H,17,20). The molecule has 6 nitrogen and oxygen atoms in total. The first-order valence-corrected chi connectivity index (χ1v) is 6.89. The Labute approximate surface area is 117 Å². The number of hydrogen-bond acceptors (Lipinski definition) is 2. The maximum absolute atomic E-state index is 11.9. The van der Waals surface area contributed by atoms with Crippen LogP contribution >= 0.6 is 0 Å². The lowest BCUT2D eigenvalue weighted by Crippen LogP contribution is -2.37. The van der Waals surface area contributed by atoms with Gasteiger partial charge in [-0.1, -0.05) is 12.1 Å². The highest BCUT2D eigenvalue weighted by Crippen LogP contribution is 2.08. The molecule has 1 aromatic carbocycles. The number of aromatic nitrogens is 2. The monoisotopic (exact) mass is 275 g/mol. The van der Waals surface area contributed by atoms with E-state index in [1.165, 1.54) is 0 Å². The molecule has 0 aliphatic rings. The number of H-pyrrole nitrogens is 1. The number of rotatable bonds is 5. The van der Waals surface area contributed by atoms with Crippen molar-refractivity contribution in [3.8, 4) is 0 Å². The van der Waals surface area contributed by atoms with Crippen LogP contribution in [0.4, 0.5) is 0 Å². The molecule has 108 valence electrons. The van der Waals surface area contributed by atoms with Crippen molar-refractivity contribution in [2.24, 2.45) is 10.7 Å². The molecule has 20 heavy (non-hydrogen) atoms. The summed E-state index contributed by atoms with van der Waals surface area (Å²) in [7, 11) is 0. The van der Waals surface area contributed by atoms with E-state index in [1.54, 1.807) is 4.57 Å². The van der Waals surface area contributed by atoms with E-state index in [9.17, 15) is 4.79 Å². The number of benzene rings is 1.